The number of allylic oxidation sites excluding steroid dienone is 2. The number of carbonyl (C=O) groups is 2. The third-order valence-electron chi connectivity index (χ3n) is 8.18. The molecule has 5 nitrogen and oxygen atoms in total. The van der Waals surface area contributed by atoms with Crippen LogP contribution in [-0.4, -0.2) is 27.6 Å². The number of fused-ring (bicyclic) bond motifs is 1. The summed E-state index contributed by atoms with van der Waals surface area (Å²) in [5.74, 6) is 6.63. The lowest BCUT2D eigenvalue weighted by molar-refractivity contribution is -0.127. The van der Waals surface area contributed by atoms with Crippen molar-refractivity contribution in [2.75, 3.05) is 0 Å². The highest BCUT2D eigenvalue weighted by Crippen LogP contribution is 2.53. The SMILES string of the molecule is CC#CC(C)CC.CC1=C[C@@]2(C)C[C@@H](C)CCC2[C@@H](C(=O)C2=CC(O)(Cc3ccc(O)cc3)NC2=O)C1. The Morgan fingerprint density at radius 3 is 2.49 bits per heavy atom. The molecule has 0 bridgehead atoms. The molecule has 1 aromatic carbocycles. The Kier molecular flexibility index (Phi) is 9.08. The fraction of sp³-hybridized carbons (Fsp3) is 0.562. The van der Waals surface area contributed by atoms with Crippen molar-refractivity contribution in [3.63, 3.8) is 0 Å². The smallest absolute Gasteiger partial charge is 0.257 e. The first kappa shape index (κ1) is 28.7. The van der Waals surface area contributed by atoms with Crippen molar-refractivity contribution in [3.05, 3.63) is 53.1 Å². The molecule has 1 saturated carbocycles. The Balaban J connectivity index is 0.000000479. The molecule has 2 aliphatic carbocycles. The topological polar surface area (TPSA) is 86.6 Å². The number of rotatable bonds is 5. The lowest BCUT2D eigenvalue weighted by Crippen LogP contribution is -2.45. The van der Waals surface area contributed by atoms with Crippen LogP contribution in [0.5, 0.6) is 5.75 Å². The molecule has 5 heteroatoms. The monoisotopic (exact) mass is 505 g/mol. The van der Waals surface area contributed by atoms with E-state index in [2.05, 4.69) is 57.9 Å². The first-order valence-electron chi connectivity index (χ1n) is 13.6. The van der Waals surface area contributed by atoms with E-state index in [9.17, 15) is 19.8 Å². The van der Waals surface area contributed by atoms with Crippen LogP contribution in [-0.2, 0) is 16.0 Å². The van der Waals surface area contributed by atoms with E-state index in [-0.39, 0.29) is 40.8 Å². The van der Waals surface area contributed by atoms with Crippen LogP contribution in [0.1, 0.15) is 79.2 Å². The fourth-order valence-electron chi connectivity index (χ4n) is 6.37. The molecule has 3 unspecified atom stereocenters. The van der Waals surface area contributed by atoms with Crippen molar-refractivity contribution in [1.29, 1.82) is 0 Å². The standard InChI is InChI=1S/C25H31NO4.C7H12/c1-15-4-9-21-19(10-16(2)12-24(21,3)11-15)22(28)20-14-25(30,26-23(20)29)13-17-5-7-18(27)8-6-17;1-4-6-7(3)5-2/h5-8,12,14-15,19,21,27,30H,4,9-11,13H2,1-3H3,(H,26,29);7H,5H2,1-3H3/t15-,19-,21?,24+,25?;/m0./s1. The maximum Gasteiger partial charge on any atom is 0.257 e. The molecule has 3 N–H and O–H groups in total. The van der Waals surface area contributed by atoms with Gasteiger partial charge >= 0.3 is 0 Å². The van der Waals surface area contributed by atoms with Crippen LogP contribution in [0, 0.1) is 40.9 Å². The zero-order valence-corrected chi connectivity index (χ0v) is 23.2. The second-order valence-electron chi connectivity index (χ2n) is 11.6. The summed E-state index contributed by atoms with van der Waals surface area (Å²) in [4.78, 5) is 26.2. The van der Waals surface area contributed by atoms with Crippen molar-refractivity contribution in [1.82, 2.24) is 5.32 Å². The van der Waals surface area contributed by atoms with Crippen molar-refractivity contribution < 1.29 is 19.8 Å². The van der Waals surface area contributed by atoms with E-state index in [1.807, 2.05) is 6.92 Å². The molecule has 1 fully saturated rings. The van der Waals surface area contributed by atoms with Gasteiger partial charge in [-0.15, -0.1) is 11.8 Å². The summed E-state index contributed by atoms with van der Waals surface area (Å²) < 4.78 is 0. The molecule has 0 spiro atoms. The van der Waals surface area contributed by atoms with Gasteiger partial charge in [0.05, 0.1) is 5.57 Å². The van der Waals surface area contributed by atoms with E-state index in [4.69, 9.17) is 0 Å². The van der Waals surface area contributed by atoms with Gasteiger partial charge in [-0.05, 0) is 80.6 Å². The predicted molar refractivity (Wildman–Crippen MR) is 147 cm³/mol. The highest BCUT2D eigenvalue weighted by molar-refractivity contribution is 6.22. The molecule has 200 valence electrons. The lowest BCUT2D eigenvalue weighted by atomic mass is 9.55. The Morgan fingerprint density at radius 1 is 1.22 bits per heavy atom. The molecule has 0 aromatic heterocycles. The maximum absolute atomic E-state index is 13.5. The van der Waals surface area contributed by atoms with Crippen LogP contribution < -0.4 is 5.32 Å². The van der Waals surface area contributed by atoms with Gasteiger partial charge in [0.15, 0.2) is 11.5 Å². The Hall–Kier alpha value is -2.84. The number of ketones is 1. The summed E-state index contributed by atoms with van der Waals surface area (Å²) in [6.07, 6.45) is 8.89. The zero-order chi connectivity index (χ0) is 27.4. The van der Waals surface area contributed by atoms with Crippen LogP contribution >= 0.6 is 0 Å². The molecule has 1 heterocycles. The van der Waals surface area contributed by atoms with E-state index in [0.717, 1.165) is 24.8 Å². The molecule has 0 radical (unpaired) electrons. The molecule has 4 rings (SSSR count). The first-order chi connectivity index (χ1) is 17.4. The van der Waals surface area contributed by atoms with Gasteiger partial charge in [0.2, 0.25) is 0 Å². The number of phenols is 1. The summed E-state index contributed by atoms with van der Waals surface area (Å²) in [7, 11) is 0. The quantitative estimate of drug-likeness (QED) is 0.272. The van der Waals surface area contributed by atoms with E-state index < -0.39 is 11.6 Å². The molecule has 1 aliphatic heterocycles. The number of nitrogens with one attached hydrogen (secondary N) is 1. The molecule has 37 heavy (non-hydrogen) atoms. The van der Waals surface area contributed by atoms with Crippen LogP contribution in [0.4, 0.5) is 0 Å². The van der Waals surface area contributed by atoms with E-state index in [1.165, 1.54) is 30.2 Å². The van der Waals surface area contributed by atoms with E-state index in [1.54, 1.807) is 12.1 Å². The number of benzene rings is 1. The fourth-order valence-corrected chi connectivity index (χ4v) is 6.37. The molecule has 1 aromatic rings. The summed E-state index contributed by atoms with van der Waals surface area (Å²) in [5.41, 5.74) is 0.434. The number of aliphatic hydroxyl groups is 1. The number of hydrogen-bond acceptors (Lipinski definition) is 4. The Bertz CT molecular complexity index is 1120. The zero-order valence-electron chi connectivity index (χ0n) is 23.2. The third kappa shape index (κ3) is 6.93. The largest absolute Gasteiger partial charge is 0.508 e. The normalized spacial score (nSPS) is 31.3. The molecule has 0 saturated heterocycles. The van der Waals surface area contributed by atoms with Gasteiger partial charge < -0.3 is 15.5 Å². The average Bonchev–Trinajstić information content (AvgIpc) is 3.12. The summed E-state index contributed by atoms with van der Waals surface area (Å²) in [5, 5.41) is 23.0. The number of hydrogen-bond donors (Lipinski definition) is 3. The predicted octanol–water partition coefficient (Wildman–Crippen LogP) is 5.71. The van der Waals surface area contributed by atoms with Crippen molar-refractivity contribution in [3.8, 4) is 17.6 Å². The minimum atomic E-state index is -1.59. The third-order valence-corrected chi connectivity index (χ3v) is 8.18. The summed E-state index contributed by atoms with van der Waals surface area (Å²) >= 11 is 0. The Morgan fingerprint density at radius 2 is 1.89 bits per heavy atom. The van der Waals surface area contributed by atoms with Gasteiger partial charge in [-0.2, -0.15) is 0 Å². The molecular formula is C32H43NO4. The molecular weight excluding hydrogens is 462 g/mol. The van der Waals surface area contributed by atoms with Crippen molar-refractivity contribution >= 4 is 11.7 Å². The Labute approximate surface area is 222 Å². The highest BCUT2D eigenvalue weighted by Gasteiger charge is 2.49. The second-order valence-corrected chi connectivity index (χ2v) is 11.6. The van der Waals surface area contributed by atoms with Gasteiger partial charge in [-0.1, -0.05) is 57.9 Å². The maximum atomic E-state index is 13.5. The van der Waals surface area contributed by atoms with Crippen LogP contribution in [0.3, 0.4) is 0 Å². The van der Waals surface area contributed by atoms with Gasteiger partial charge in [0, 0.05) is 18.3 Å². The summed E-state index contributed by atoms with van der Waals surface area (Å²) in [6.45, 7) is 12.8. The lowest BCUT2D eigenvalue weighted by Gasteiger charge is -2.48. The van der Waals surface area contributed by atoms with E-state index in [0.29, 0.717) is 18.3 Å². The number of Topliss-reactive ketones (excluding diaryl/α,β-unsaturated/α-hetero) is 1. The van der Waals surface area contributed by atoms with Crippen LogP contribution in [0.15, 0.2) is 47.6 Å². The van der Waals surface area contributed by atoms with Crippen LogP contribution in [0.2, 0.25) is 0 Å². The number of aromatic hydroxyl groups is 1. The minimum absolute atomic E-state index is 0.0156. The van der Waals surface area contributed by atoms with E-state index >= 15 is 0 Å². The molecule has 6 atom stereocenters. The number of phenolic OH excluding ortho intramolecular Hbond substituents is 1. The van der Waals surface area contributed by atoms with Gasteiger partial charge in [-0.25, -0.2) is 0 Å². The van der Waals surface area contributed by atoms with Gasteiger partial charge in [0.25, 0.3) is 5.91 Å². The minimum Gasteiger partial charge on any atom is -0.508 e. The van der Waals surface area contributed by atoms with Crippen molar-refractivity contribution in [2.45, 2.75) is 85.8 Å². The second kappa shape index (κ2) is 11.7. The first-order valence-corrected chi connectivity index (χ1v) is 13.6. The number of carbonyl (C=O) groups excluding carboxylic acids is 2. The highest BCUT2D eigenvalue weighted by atomic mass is 16.3. The van der Waals surface area contributed by atoms with Crippen LogP contribution in [0.25, 0.3) is 0 Å². The number of amides is 1. The molecule has 1 amide bonds. The van der Waals surface area contributed by atoms with Crippen molar-refractivity contribution in [2.24, 2.45) is 29.1 Å². The average molecular weight is 506 g/mol. The molecule has 3 aliphatic rings. The van der Waals surface area contributed by atoms with Gasteiger partial charge in [-0.3, -0.25) is 9.59 Å². The van der Waals surface area contributed by atoms with Gasteiger partial charge in [0.1, 0.15) is 5.75 Å². The summed E-state index contributed by atoms with van der Waals surface area (Å²) in [6, 6.07) is 6.45.